The molecule has 1 aliphatic rings. The van der Waals surface area contributed by atoms with E-state index in [4.69, 9.17) is 13.9 Å². The molecule has 0 amide bonds. The average Bonchev–Trinajstić information content (AvgIpc) is 2.79. The summed E-state index contributed by atoms with van der Waals surface area (Å²) in [6.07, 6.45) is 0.865. The van der Waals surface area contributed by atoms with Gasteiger partial charge in [-0.05, 0) is 32.0 Å². The topological polar surface area (TPSA) is 53.8 Å². The lowest BCUT2D eigenvalue weighted by atomic mass is 10.2. The van der Waals surface area contributed by atoms with Crippen molar-refractivity contribution < 1.29 is 18.6 Å². The van der Waals surface area contributed by atoms with Crippen molar-refractivity contribution in [2.45, 2.75) is 77.3 Å². The molecule has 0 bridgehead atoms. The van der Waals surface area contributed by atoms with Crippen LogP contribution in [0.1, 0.15) is 40.2 Å². The molecule has 0 spiro atoms. The first-order valence-corrected chi connectivity index (χ1v) is 12.1. The third kappa shape index (κ3) is 5.64. The van der Waals surface area contributed by atoms with Gasteiger partial charge in [0.15, 0.2) is 33.0 Å². The van der Waals surface area contributed by atoms with Gasteiger partial charge >= 0.3 is 0 Å². The summed E-state index contributed by atoms with van der Waals surface area (Å²) in [5, 5.41) is 12.5. The quantitative estimate of drug-likeness (QED) is 0.243. The van der Waals surface area contributed by atoms with Crippen molar-refractivity contribution in [2.24, 2.45) is 0 Å². The highest BCUT2D eigenvalue weighted by Crippen LogP contribution is 2.37. The second-order valence-electron chi connectivity index (χ2n) is 8.92. The van der Waals surface area contributed by atoms with E-state index >= 15 is 0 Å². The molecule has 1 aromatic rings. The molecule has 0 aliphatic carbocycles. The highest BCUT2D eigenvalue weighted by Gasteiger charge is 2.45. The molecule has 2 atom stereocenters. The Bertz CT molecular complexity index is 622. The molecule has 0 aromatic heterocycles. The normalized spacial score (nSPS) is 24.0. The maximum absolute atomic E-state index is 12.4. The molecule has 1 fully saturated rings. The van der Waals surface area contributed by atoms with Gasteiger partial charge in [0, 0.05) is 5.56 Å². The zero-order chi connectivity index (χ0) is 19.6. The van der Waals surface area contributed by atoms with E-state index in [1.165, 1.54) is 0 Å². The van der Waals surface area contributed by atoms with Crippen LogP contribution in [0.2, 0.25) is 18.1 Å². The van der Waals surface area contributed by atoms with Gasteiger partial charge in [-0.25, -0.2) is 4.74 Å². The predicted octanol–water partition coefficient (Wildman–Crippen LogP) is 4.31. The Morgan fingerprint density at radius 3 is 2.38 bits per heavy atom. The molecule has 0 unspecified atom stereocenters. The number of nitrogens with zero attached hydrogens (tertiary/aromatic N) is 1. The first kappa shape index (κ1) is 21.1. The molecular formula is C20H33NO4Si. The molecule has 0 N–H and O–H groups in total. The summed E-state index contributed by atoms with van der Waals surface area (Å²) < 4.78 is 19.2. The van der Waals surface area contributed by atoms with Crippen molar-refractivity contribution in [3.8, 4) is 0 Å². The summed E-state index contributed by atoms with van der Waals surface area (Å²) in [6.45, 7) is 15.5. The summed E-state index contributed by atoms with van der Waals surface area (Å²) in [7, 11) is -1.89. The van der Waals surface area contributed by atoms with Crippen molar-refractivity contribution in [1.29, 1.82) is 0 Å². The lowest BCUT2D eigenvalue weighted by Gasteiger charge is -2.37. The van der Waals surface area contributed by atoms with E-state index in [2.05, 4.69) is 33.9 Å². The van der Waals surface area contributed by atoms with Gasteiger partial charge in [0.25, 0.3) is 0 Å². The predicted molar refractivity (Wildman–Crippen MR) is 107 cm³/mol. The van der Waals surface area contributed by atoms with E-state index in [1.807, 2.05) is 44.2 Å². The van der Waals surface area contributed by atoms with Crippen molar-refractivity contribution in [3.63, 3.8) is 0 Å². The molecule has 26 heavy (non-hydrogen) atoms. The minimum Gasteiger partial charge on any atom is -0.624 e. The van der Waals surface area contributed by atoms with Crippen LogP contribution in [0.4, 0.5) is 0 Å². The number of ether oxygens (including phenoxy) is 2. The van der Waals surface area contributed by atoms with Crippen molar-refractivity contribution >= 4 is 14.5 Å². The summed E-state index contributed by atoms with van der Waals surface area (Å²) in [4.78, 5) is 0. The van der Waals surface area contributed by atoms with Crippen LogP contribution in [0, 0.1) is 5.21 Å². The number of benzene rings is 1. The third-order valence-electron chi connectivity index (χ3n) is 5.13. The van der Waals surface area contributed by atoms with Gasteiger partial charge < -0.3 is 19.1 Å². The number of hydrogen-bond acceptors (Lipinski definition) is 4. The molecule has 1 saturated heterocycles. The maximum Gasteiger partial charge on any atom is 0.192 e. The van der Waals surface area contributed by atoms with Crippen molar-refractivity contribution in [2.75, 3.05) is 6.61 Å². The van der Waals surface area contributed by atoms with Crippen LogP contribution in [0.15, 0.2) is 30.3 Å². The van der Waals surface area contributed by atoms with Gasteiger partial charge in [-0.2, -0.15) is 0 Å². The fraction of sp³-hybridized carbons (Fsp3) is 0.650. The summed E-state index contributed by atoms with van der Waals surface area (Å²) >= 11 is 0. The van der Waals surface area contributed by atoms with E-state index in [9.17, 15) is 5.21 Å². The standard InChI is InChI=1S/C20H33NO4Si/c1-19(2,3)26(6,7)23-15-18-17(24-20(4,5)25-18)14-21(22)13-16-11-9-8-10-12-16/h8-12,14,17-18H,13,15H2,1-7H3/b21-14-/t17-,18-/m0/s1. The first-order chi connectivity index (χ1) is 11.9. The van der Waals surface area contributed by atoms with Crippen LogP contribution in [0.25, 0.3) is 0 Å². The Balaban J connectivity index is 2.06. The van der Waals surface area contributed by atoms with E-state index < -0.39 is 20.2 Å². The molecule has 146 valence electrons. The molecule has 0 saturated carbocycles. The smallest absolute Gasteiger partial charge is 0.192 e. The van der Waals surface area contributed by atoms with E-state index in [0.717, 1.165) is 10.3 Å². The van der Waals surface area contributed by atoms with Gasteiger partial charge in [0.1, 0.15) is 6.10 Å². The van der Waals surface area contributed by atoms with Crippen molar-refractivity contribution in [1.82, 2.24) is 0 Å². The Morgan fingerprint density at radius 2 is 1.81 bits per heavy atom. The molecule has 5 nitrogen and oxygen atoms in total. The van der Waals surface area contributed by atoms with Gasteiger partial charge in [-0.15, -0.1) is 0 Å². The maximum atomic E-state index is 12.4. The minimum absolute atomic E-state index is 0.124. The van der Waals surface area contributed by atoms with Crippen LogP contribution in [0.3, 0.4) is 0 Å². The third-order valence-corrected chi connectivity index (χ3v) is 9.63. The van der Waals surface area contributed by atoms with Gasteiger partial charge in [-0.3, -0.25) is 0 Å². The minimum atomic E-state index is -1.89. The lowest BCUT2D eigenvalue weighted by molar-refractivity contribution is -0.473. The fourth-order valence-corrected chi connectivity index (χ4v) is 3.62. The lowest BCUT2D eigenvalue weighted by Crippen LogP contribution is -2.44. The second kappa shape index (κ2) is 7.80. The van der Waals surface area contributed by atoms with E-state index in [1.54, 1.807) is 6.21 Å². The SMILES string of the molecule is CC1(C)O[C@@H](/C=[N+](\[O-])Cc2ccccc2)[C@H](CO[Si](C)(C)C(C)(C)C)O1. The number of rotatable bonds is 6. The Morgan fingerprint density at radius 1 is 1.19 bits per heavy atom. The molecule has 1 aliphatic heterocycles. The summed E-state index contributed by atoms with van der Waals surface area (Å²) in [6, 6.07) is 9.67. The van der Waals surface area contributed by atoms with Crippen LogP contribution < -0.4 is 0 Å². The molecule has 6 heteroatoms. The monoisotopic (exact) mass is 379 g/mol. The van der Waals surface area contributed by atoms with E-state index in [-0.39, 0.29) is 17.7 Å². The highest BCUT2D eigenvalue weighted by atomic mass is 28.4. The van der Waals surface area contributed by atoms with Crippen molar-refractivity contribution in [3.05, 3.63) is 41.1 Å². The second-order valence-corrected chi connectivity index (χ2v) is 13.7. The van der Waals surface area contributed by atoms with Gasteiger partial charge in [0.2, 0.25) is 0 Å². The van der Waals surface area contributed by atoms with Crippen LogP contribution >= 0.6 is 0 Å². The molecule has 0 radical (unpaired) electrons. The molecular weight excluding hydrogens is 346 g/mol. The largest absolute Gasteiger partial charge is 0.624 e. The molecule has 1 heterocycles. The summed E-state index contributed by atoms with van der Waals surface area (Å²) in [5.74, 6) is -0.726. The van der Waals surface area contributed by atoms with Gasteiger partial charge in [-0.1, -0.05) is 51.1 Å². The van der Waals surface area contributed by atoms with E-state index in [0.29, 0.717) is 6.61 Å². The Labute approximate surface area is 158 Å². The highest BCUT2D eigenvalue weighted by molar-refractivity contribution is 6.74. The molecule has 2 rings (SSSR count). The zero-order valence-corrected chi connectivity index (χ0v) is 18.1. The fourth-order valence-electron chi connectivity index (χ4n) is 2.61. The van der Waals surface area contributed by atoms with Crippen LogP contribution in [-0.2, 0) is 20.4 Å². The molecule has 1 aromatic carbocycles. The van der Waals surface area contributed by atoms with Gasteiger partial charge in [0.05, 0.1) is 6.61 Å². The van der Waals surface area contributed by atoms with Crippen LogP contribution in [0.5, 0.6) is 0 Å². The number of hydroxylamine groups is 1. The first-order valence-electron chi connectivity index (χ1n) is 9.22. The average molecular weight is 380 g/mol. The Kier molecular flexibility index (Phi) is 6.33. The zero-order valence-electron chi connectivity index (χ0n) is 17.1. The summed E-state index contributed by atoms with van der Waals surface area (Å²) in [5.41, 5.74) is 0.964. The van der Waals surface area contributed by atoms with Crippen LogP contribution in [-0.4, -0.2) is 43.9 Å². The number of hydrogen-bond donors (Lipinski definition) is 0. The Hall–Kier alpha value is -1.21.